The Morgan fingerprint density at radius 2 is 1.68 bits per heavy atom. The zero-order valence-corrected chi connectivity index (χ0v) is 22.6. The summed E-state index contributed by atoms with van der Waals surface area (Å²) in [5.74, 6) is 1.20. The molecule has 1 aromatic heterocycles. The zero-order valence-electron chi connectivity index (χ0n) is 22.6. The minimum absolute atomic E-state index is 0.131. The molecule has 0 fully saturated rings. The largest absolute Gasteiger partial charge is 0.494 e. The second-order valence-corrected chi connectivity index (χ2v) is 9.53. The van der Waals surface area contributed by atoms with Crippen molar-refractivity contribution in [1.82, 2.24) is 25.2 Å². The number of nitrogens with one attached hydrogen (secondary N) is 2. The van der Waals surface area contributed by atoms with E-state index in [1.54, 1.807) is 0 Å². The molecule has 11 heteroatoms. The van der Waals surface area contributed by atoms with Gasteiger partial charge in [0.1, 0.15) is 11.6 Å². The van der Waals surface area contributed by atoms with Crippen molar-refractivity contribution in [2.45, 2.75) is 38.9 Å². The standard InChI is InChI=1S/C29H35F3N6O2/c1-3-38-15-4-14-33-21(2)24-10-6-22(7-11-24)18-26-35-27(37-28(36-26)40-20-29(30,31)32)34-19-23-8-12-25(13-9-23)39-17-5-16-38/h6-13,33H,2-5,14-20H2,1H3,(H,34,35,36,37). The Hall–Kier alpha value is -3.86. The van der Waals surface area contributed by atoms with E-state index in [2.05, 4.69) is 44.0 Å². The number of anilines is 1. The lowest BCUT2D eigenvalue weighted by atomic mass is 10.1. The molecule has 3 aromatic rings. The average molecular weight is 557 g/mol. The highest BCUT2D eigenvalue weighted by Gasteiger charge is 2.29. The van der Waals surface area contributed by atoms with Crippen molar-refractivity contribution >= 4 is 11.6 Å². The van der Waals surface area contributed by atoms with Crippen LogP contribution in [0.2, 0.25) is 0 Å². The van der Waals surface area contributed by atoms with Gasteiger partial charge < -0.3 is 25.0 Å². The van der Waals surface area contributed by atoms with Gasteiger partial charge in [0.2, 0.25) is 5.95 Å². The first kappa shape index (κ1) is 29.1. The Morgan fingerprint density at radius 3 is 2.40 bits per heavy atom. The van der Waals surface area contributed by atoms with Gasteiger partial charge in [0.05, 0.1) is 6.61 Å². The van der Waals surface area contributed by atoms with Crippen LogP contribution in [0.5, 0.6) is 11.8 Å². The van der Waals surface area contributed by atoms with Crippen LogP contribution in [0, 0.1) is 0 Å². The summed E-state index contributed by atoms with van der Waals surface area (Å²) in [7, 11) is 0. The predicted octanol–water partition coefficient (Wildman–Crippen LogP) is 5.07. The van der Waals surface area contributed by atoms with Gasteiger partial charge in [-0.25, -0.2) is 0 Å². The molecule has 0 saturated heterocycles. The lowest BCUT2D eigenvalue weighted by molar-refractivity contribution is -0.154. The van der Waals surface area contributed by atoms with Crippen LogP contribution in [-0.2, 0) is 13.0 Å². The van der Waals surface area contributed by atoms with E-state index in [4.69, 9.17) is 9.47 Å². The molecule has 8 nitrogen and oxygen atoms in total. The maximum atomic E-state index is 12.8. The fourth-order valence-electron chi connectivity index (χ4n) is 4.21. The van der Waals surface area contributed by atoms with Gasteiger partial charge in [-0.2, -0.15) is 28.1 Å². The summed E-state index contributed by atoms with van der Waals surface area (Å²) in [6.45, 7) is 9.56. The van der Waals surface area contributed by atoms with Crippen molar-refractivity contribution in [3.8, 4) is 11.8 Å². The average Bonchev–Trinajstić information content (AvgIpc) is 2.94. The molecule has 2 N–H and O–H groups in total. The monoisotopic (exact) mass is 556 g/mol. The number of alkyl halides is 3. The zero-order chi connectivity index (χ0) is 28.4. The Morgan fingerprint density at radius 1 is 0.950 bits per heavy atom. The summed E-state index contributed by atoms with van der Waals surface area (Å²) in [6.07, 6.45) is -2.31. The van der Waals surface area contributed by atoms with Crippen LogP contribution in [0.3, 0.4) is 0 Å². The van der Waals surface area contributed by atoms with Crippen LogP contribution < -0.4 is 20.1 Å². The van der Waals surface area contributed by atoms with Crippen LogP contribution in [0.15, 0.2) is 55.1 Å². The number of halogens is 3. The van der Waals surface area contributed by atoms with Gasteiger partial charge in [0.25, 0.3) is 0 Å². The number of benzene rings is 2. The molecule has 7 rings (SSSR count). The van der Waals surface area contributed by atoms with E-state index in [1.165, 1.54) is 0 Å². The number of ether oxygens (including phenoxy) is 2. The van der Waals surface area contributed by atoms with Crippen molar-refractivity contribution in [2.75, 3.05) is 44.7 Å². The van der Waals surface area contributed by atoms with Gasteiger partial charge in [-0.1, -0.05) is 49.9 Å². The van der Waals surface area contributed by atoms with Crippen molar-refractivity contribution in [3.63, 3.8) is 0 Å². The number of nitrogens with zero attached hydrogens (tertiary/aromatic N) is 4. The molecule has 2 aromatic carbocycles. The highest BCUT2D eigenvalue weighted by atomic mass is 19.4. The lowest BCUT2D eigenvalue weighted by Crippen LogP contribution is -2.29. The molecule has 4 aliphatic rings. The number of hydrogen-bond acceptors (Lipinski definition) is 8. The summed E-state index contributed by atoms with van der Waals surface area (Å²) in [5.41, 5.74) is 3.61. The Balaban J connectivity index is 1.54. The topological polar surface area (TPSA) is 84.4 Å². The van der Waals surface area contributed by atoms with Crippen molar-refractivity contribution < 1.29 is 22.6 Å². The minimum Gasteiger partial charge on any atom is -0.494 e. The molecule has 0 unspecified atom stereocenters. The Kier molecular flexibility index (Phi) is 10.2. The van der Waals surface area contributed by atoms with Crippen LogP contribution in [0.25, 0.3) is 5.70 Å². The van der Waals surface area contributed by atoms with E-state index in [0.717, 1.165) is 67.2 Å². The molecule has 0 atom stereocenters. The molecule has 4 aliphatic heterocycles. The molecule has 0 aliphatic carbocycles. The summed E-state index contributed by atoms with van der Waals surface area (Å²) < 4.78 is 49.1. The van der Waals surface area contributed by atoms with Gasteiger partial charge in [0.15, 0.2) is 6.61 Å². The third kappa shape index (κ3) is 9.41. The molecular weight excluding hydrogens is 521 g/mol. The fourth-order valence-corrected chi connectivity index (χ4v) is 4.21. The maximum absolute atomic E-state index is 12.8. The van der Waals surface area contributed by atoms with Gasteiger partial charge >= 0.3 is 12.2 Å². The van der Waals surface area contributed by atoms with Crippen LogP contribution in [0.1, 0.15) is 42.3 Å². The molecule has 0 radical (unpaired) electrons. The molecule has 0 amide bonds. The SMILES string of the molecule is C=C1NCCCN(CC)CCCOc2ccc(cc2)CNc2nc(nc(OCC(F)(F)F)n2)Cc2ccc1cc2. The Bertz CT molecular complexity index is 1240. The summed E-state index contributed by atoms with van der Waals surface area (Å²) >= 11 is 0. The van der Waals surface area contributed by atoms with E-state index in [0.29, 0.717) is 19.6 Å². The highest BCUT2D eigenvalue weighted by molar-refractivity contribution is 5.61. The molecule has 6 bridgehead atoms. The molecule has 40 heavy (non-hydrogen) atoms. The van der Waals surface area contributed by atoms with Gasteiger partial charge in [0, 0.05) is 31.8 Å². The van der Waals surface area contributed by atoms with Gasteiger partial charge in [-0.15, -0.1) is 0 Å². The van der Waals surface area contributed by atoms with Gasteiger partial charge in [-0.05, 0) is 54.8 Å². The summed E-state index contributed by atoms with van der Waals surface area (Å²) in [4.78, 5) is 15.0. The summed E-state index contributed by atoms with van der Waals surface area (Å²) in [5, 5.41) is 6.47. The molecule has 5 heterocycles. The number of aromatic nitrogens is 3. The second-order valence-electron chi connectivity index (χ2n) is 9.53. The van der Waals surface area contributed by atoms with Crippen LogP contribution >= 0.6 is 0 Å². The highest BCUT2D eigenvalue weighted by Crippen LogP contribution is 2.19. The lowest BCUT2D eigenvalue weighted by Gasteiger charge is -2.21. The molecular formula is C29H35F3N6O2. The fraction of sp³-hybridized carbons (Fsp3) is 0.414. The van der Waals surface area contributed by atoms with Crippen molar-refractivity contribution in [3.05, 3.63) is 77.6 Å². The Labute approximate surface area is 232 Å². The van der Waals surface area contributed by atoms with Gasteiger partial charge in [-0.3, -0.25) is 0 Å². The quantitative estimate of drug-likeness (QED) is 0.463. The van der Waals surface area contributed by atoms with E-state index in [-0.39, 0.29) is 17.8 Å². The number of rotatable bonds is 3. The third-order valence-electron chi connectivity index (χ3n) is 6.39. The smallest absolute Gasteiger partial charge is 0.422 e. The van der Waals surface area contributed by atoms with Crippen molar-refractivity contribution in [2.24, 2.45) is 0 Å². The maximum Gasteiger partial charge on any atom is 0.422 e. The van der Waals surface area contributed by atoms with Crippen LogP contribution in [-0.4, -0.2) is 65.4 Å². The normalized spacial score (nSPS) is 15.9. The van der Waals surface area contributed by atoms with E-state index in [9.17, 15) is 13.2 Å². The first-order valence-corrected chi connectivity index (χ1v) is 13.4. The third-order valence-corrected chi connectivity index (χ3v) is 6.39. The predicted molar refractivity (Wildman–Crippen MR) is 148 cm³/mol. The molecule has 0 spiro atoms. The summed E-state index contributed by atoms with van der Waals surface area (Å²) in [6, 6.07) is 15.0. The van der Waals surface area contributed by atoms with Crippen LogP contribution in [0.4, 0.5) is 19.1 Å². The van der Waals surface area contributed by atoms with E-state index >= 15 is 0 Å². The molecule has 214 valence electrons. The number of hydrogen-bond donors (Lipinski definition) is 2. The van der Waals surface area contributed by atoms with E-state index < -0.39 is 12.8 Å². The molecule has 0 saturated carbocycles. The van der Waals surface area contributed by atoms with Crippen molar-refractivity contribution in [1.29, 1.82) is 0 Å². The first-order valence-electron chi connectivity index (χ1n) is 13.4. The van der Waals surface area contributed by atoms with E-state index in [1.807, 2.05) is 48.5 Å². The first-order chi connectivity index (χ1) is 19.3. The minimum atomic E-state index is -4.51. The second kappa shape index (κ2) is 14.0.